The third-order valence-corrected chi connectivity index (χ3v) is 5.09. The first kappa shape index (κ1) is 14.6. The summed E-state index contributed by atoms with van der Waals surface area (Å²) in [6, 6.07) is 8.73. The summed E-state index contributed by atoms with van der Waals surface area (Å²) in [5.41, 5.74) is 1.78. The van der Waals surface area contributed by atoms with Gasteiger partial charge in [-0.1, -0.05) is 49.9 Å². The second-order valence-corrected chi connectivity index (χ2v) is 6.39. The molecule has 0 amide bonds. The number of ether oxygens (including phenoxy) is 1. The SMILES string of the molecule is COC(=O)C1(NC2CCCCCC2)CCc2ccccc21. The van der Waals surface area contributed by atoms with E-state index in [1.165, 1.54) is 51.2 Å². The Hall–Kier alpha value is -1.35. The lowest BCUT2D eigenvalue weighted by atomic mass is 9.89. The van der Waals surface area contributed by atoms with Gasteiger partial charge in [0.25, 0.3) is 0 Å². The molecule has 21 heavy (non-hydrogen) atoms. The first-order valence-electron chi connectivity index (χ1n) is 8.21. The van der Waals surface area contributed by atoms with Gasteiger partial charge in [-0.25, -0.2) is 4.79 Å². The predicted molar refractivity (Wildman–Crippen MR) is 83.1 cm³/mol. The topological polar surface area (TPSA) is 38.3 Å². The number of hydrogen-bond donors (Lipinski definition) is 1. The summed E-state index contributed by atoms with van der Waals surface area (Å²) in [5.74, 6) is -0.128. The highest BCUT2D eigenvalue weighted by molar-refractivity contribution is 5.84. The second kappa shape index (κ2) is 6.18. The lowest BCUT2D eigenvalue weighted by Gasteiger charge is -2.33. The van der Waals surface area contributed by atoms with Gasteiger partial charge < -0.3 is 4.74 Å². The quantitative estimate of drug-likeness (QED) is 0.684. The molecular formula is C18H25NO2. The van der Waals surface area contributed by atoms with E-state index in [0.717, 1.165) is 18.4 Å². The van der Waals surface area contributed by atoms with Gasteiger partial charge >= 0.3 is 5.97 Å². The summed E-state index contributed by atoms with van der Waals surface area (Å²) < 4.78 is 5.17. The maximum absolute atomic E-state index is 12.6. The van der Waals surface area contributed by atoms with Crippen LogP contribution in [0.2, 0.25) is 0 Å². The zero-order valence-electron chi connectivity index (χ0n) is 12.9. The van der Waals surface area contributed by atoms with Crippen LogP contribution in [0.5, 0.6) is 0 Å². The number of benzene rings is 1. The van der Waals surface area contributed by atoms with Gasteiger partial charge in [-0.3, -0.25) is 5.32 Å². The van der Waals surface area contributed by atoms with Crippen LogP contribution >= 0.6 is 0 Å². The minimum atomic E-state index is -0.625. The Morgan fingerprint density at radius 2 is 1.90 bits per heavy atom. The van der Waals surface area contributed by atoms with Gasteiger partial charge in [-0.15, -0.1) is 0 Å². The molecule has 1 fully saturated rings. The van der Waals surface area contributed by atoms with Gasteiger partial charge in [0.2, 0.25) is 0 Å². The maximum atomic E-state index is 12.6. The molecule has 1 saturated carbocycles. The second-order valence-electron chi connectivity index (χ2n) is 6.39. The molecule has 1 atom stereocenters. The van der Waals surface area contributed by atoms with Crippen molar-refractivity contribution < 1.29 is 9.53 Å². The van der Waals surface area contributed by atoms with Gasteiger partial charge in [0.15, 0.2) is 0 Å². The molecule has 1 aromatic rings. The normalized spacial score (nSPS) is 26.1. The van der Waals surface area contributed by atoms with Crippen LogP contribution in [0.3, 0.4) is 0 Å². The number of carbonyl (C=O) groups excluding carboxylic acids is 1. The monoisotopic (exact) mass is 287 g/mol. The summed E-state index contributed by atoms with van der Waals surface area (Å²) in [7, 11) is 1.50. The van der Waals surface area contributed by atoms with Gasteiger partial charge in [0, 0.05) is 6.04 Å². The number of aryl methyl sites for hydroxylation is 1. The summed E-state index contributed by atoms with van der Waals surface area (Å²) in [6.45, 7) is 0. The number of hydrogen-bond acceptors (Lipinski definition) is 3. The molecule has 3 rings (SSSR count). The maximum Gasteiger partial charge on any atom is 0.330 e. The molecule has 1 unspecified atom stereocenters. The molecule has 0 aliphatic heterocycles. The largest absolute Gasteiger partial charge is 0.467 e. The summed E-state index contributed by atoms with van der Waals surface area (Å²) in [5, 5.41) is 3.70. The Morgan fingerprint density at radius 1 is 1.19 bits per heavy atom. The van der Waals surface area contributed by atoms with Crippen LogP contribution in [0, 0.1) is 0 Å². The van der Waals surface area contributed by atoms with Gasteiger partial charge in [-0.05, 0) is 36.8 Å². The van der Waals surface area contributed by atoms with Crippen molar-refractivity contribution in [2.24, 2.45) is 0 Å². The third-order valence-electron chi connectivity index (χ3n) is 5.09. The van der Waals surface area contributed by atoms with E-state index in [2.05, 4.69) is 23.5 Å². The lowest BCUT2D eigenvalue weighted by Crippen LogP contribution is -2.52. The van der Waals surface area contributed by atoms with Crippen LogP contribution < -0.4 is 5.32 Å². The molecule has 0 spiro atoms. The highest BCUT2D eigenvalue weighted by Gasteiger charge is 2.47. The number of fused-ring (bicyclic) bond motifs is 1. The summed E-state index contributed by atoms with van der Waals surface area (Å²) in [4.78, 5) is 12.6. The average Bonchev–Trinajstić information content (AvgIpc) is 2.70. The molecule has 3 heteroatoms. The molecular weight excluding hydrogens is 262 g/mol. The van der Waals surface area contributed by atoms with Crippen LogP contribution in [-0.4, -0.2) is 19.1 Å². The minimum absolute atomic E-state index is 0.128. The Balaban J connectivity index is 1.90. The highest BCUT2D eigenvalue weighted by atomic mass is 16.5. The van der Waals surface area contributed by atoms with E-state index in [1.54, 1.807) is 0 Å². The van der Waals surface area contributed by atoms with Crippen molar-refractivity contribution in [3.63, 3.8) is 0 Å². The third kappa shape index (κ3) is 2.71. The molecule has 1 aromatic carbocycles. The van der Waals surface area contributed by atoms with E-state index < -0.39 is 5.54 Å². The lowest BCUT2D eigenvalue weighted by molar-refractivity contribution is -0.149. The van der Waals surface area contributed by atoms with Crippen molar-refractivity contribution in [1.29, 1.82) is 0 Å². The minimum Gasteiger partial charge on any atom is -0.467 e. The molecule has 0 bridgehead atoms. The standard InChI is InChI=1S/C18H25NO2/c1-21-17(20)18(19-15-9-4-2-3-5-10-15)13-12-14-8-6-7-11-16(14)18/h6-8,11,15,19H,2-5,9-10,12-13H2,1H3. The van der Waals surface area contributed by atoms with Crippen LogP contribution in [0.4, 0.5) is 0 Å². The number of methoxy groups -OCH3 is 1. The van der Waals surface area contributed by atoms with Crippen LogP contribution in [0.1, 0.15) is 56.1 Å². The van der Waals surface area contributed by atoms with Crippen molar-refractivity contribution in [1.82, 2.24) is 5.32 Å². The van der Waals surface area contributed by atoms with E-state index in [-0.39, 0.29) is 5.97 Å². The highest BCUT2D eigenvalue weighted by Crippen LogP contribution is 2.39. The molecule has 1 N–H and O–H groups in total. The molecule has 2 aliphatic carbocycles. The molecule has 3 nitrogen and oxygen atoms in total. The molecule has 114 valence electrons. The first-order valence-corrected chi connectivity index (χ1v) is 8.21. The van der Waals surface area contributed by atoms with Crippen molar-refractivity contribution >= 4 is 5.97 Å². The molecule has 0 heterocycles. The van der Waals surface area contributed by atoms with Gasteiger partial charge in [0.1, 0.15) is 5.54 Å². The predicted octanol–water partition coefficient (Wildman–Crippen LogP) is 3.31. The average molecular weight is 287 g/mol. The number of esters is 1. The van der Waals surface area contributed by atoms with Crippen LogP contribution in [0.15, 0.2) is 24.3 Å². The van der Waals surface area contributed by atoms with E-state index in [1.807, 2.05) is 6.07 Å². The molecule has 0 aromatic heterocycles. The van der Waals surface area contributed by atoms with Crippen molar-refractivity contribution in [3.8, 4) is 0 Å². The fourth-order valence-corrected chi connectivity index (χ4v) is 3.98. The van der Waals surface area contributed by atoms with Crippen molar-refractivity contribution in [3.05, 3.63) is 35.4 Å². The van der Waals surface area contributed by atoms with E-state index in [0.29, 0.717) is 6.04 Å². The molecule has 0 radical (unpaired) electrons. The fraction of sp³-hybridized carbons (Fsp3) is 0.611. The van der Waals surface area contributed by atoms with Gasteiger partial charge in [-0.2, -0.15) is 0 Å². The number of rotatable bonds is 3. The molecule has 2 aliphatic rings. The van der Waals surface area contributed by atoms with Crippen LogP contribution in [-0.2, 0) is 21.5 Å². The Morgan fingerprint density at radius 3 is 2.62 bits per heavy atom. The summed E-state index contributed by atoms with van der Waals surface area (Å²) in [6.07, 6.45) is 9.26. The first-order chi connectivity index (χ1) is 10.3. The summed E-state index contributed by atoms with van der Waals surface area (Å²) >= 11 is 0. The Kier molecular flexibility index (Phi) is 4.29. The van der Waals surface area contributed by atoms with Crippen molar-refractivity contribution in [2.45, 2.75) is 62.9 Å². The van der Waals surface area contributed by atoms with E-state index in [9.17, 15) is 4.79 Å². The molecule has 0 saturated heterocycles. The fourth-order valence-electron chi connectivity index (χ4n) is 3.98. The van der Waals surface area contributed by atoms with Crippen LogP contribution in [0.25, 0.3) is 0 Å². The van der Waals surface area contributed by atoms with E-state index in [4.69, 9.17) is 4.74 Å². The zero-order valence-corrected chi connectivity index (χ0v) is 12.9. The Labute approximate surface area is 127 Å². The smallest absolute Gasteiger partial charge is 0.330 e. The van der Waals surface area contributed by atoms with Gasteiger partial charge in [0.05, 0.1) is 7.11 Å². The number of carbonyl (C=O) groups is 1. The van der Waals surface area contributed by atoms with Crippen molar-refractivity contribution in [2.75, 3.05) is 7.11 Å². The van der Waals surface area contributed by atoms with E-state index >= 15 is 0 Å². The number of nitrogens with one attached hydrogen (secondary N) is 1. The Bertz CT molecular complexity index is 506. The zero-order chi connectivity index (χ0) is 14.7.